The summed E-state index contributed by atoms with van der Waals surface area (Å²) in [6.45, 7) is 0. The molecule has 4 nitrogen and oxygen atoms in total. The van der Waals surface area contributed by atoms with Crippen LogP contribution in [0.4, 0.5) is 0 Å². The summed E-state index contributed by atoms with van der Waals surface area (Å²) in [5, 5.41) is 0.749. The first kappa shape index (κ1) is 15.0. The number of hydrogen-bond donors (Lipinski definition) is 0. The van der Waals surface area contributed by atoms with E-state index >= 15 is 0 Å². The standard InChI is InChI=1S/C13H10Cl2O4S/c1-18-12-7-4-10(15)8-13(12)20(16,17)19-11-5-2-9(14)3-6-11/h2-8H,1H3. The summed E-state index contributed by atoms with van der Waals surface area (Å²) in [5.41, 5.74) is 0. The van der Waals surface area contributed by atoms with E-state index in [2.05, 4.69) is 0 Å². The molecule has 2 rings (SSSR count). The summed E-state index contributed by atoms with van der Waals surface area (Å²) < 4.78 is 34.5. The van der Waals surface area contributed by atoms with Gasteiger partial charge in [0.15, 0.2) is 0 Å². The van der Waals surface area contributed by atoms with Gasteiger partial charge in [-0.15, -0.1) is 0 Å². The van der Waals surface area contributed by atoms with Crippen molar-refractivity contribution in [3.63, 3.8) is 0 Å². The Bertz CT molecular complexity index is 712. The summed E-state index contributed by atoms with van der Waals surface area (Å²) in [7, 11) is -2.68. The second kappa shape index (κ2) is 5.91. The lowest BCUT2D eigenvalue weighted by atomic mass is 10.3. The lowest BCUT2D eigenvalue weighted by Crippen LogP contribution is -2.11. The Hall–Kier alpha value is -1.43. The number of methoxy groups -OCH3 is 1. The van der Waals surface area contributed by atoms with Gasteiger partial charge in [-0.2, -0.15) is 8.42 Å². The van der Waals surface area contributed by atoms with Crippen molar-refractivity contribution in [2.45, 2.75) is 4.90 Å². The van der Waals surface area contributed by atoms with Gasteiger partial charge in [0.1, 0.15) is 16.4 Å². The van der Waals surface area contributed by atoms with Crippen LogP contribution in [0.15, 0.2) is 47.4 Å². The summed E-state index contributed by atoms with van der Waals surface area (Å²) in [6, 6.07) is 10.2. The van der Waals surface area contributed by atoms with Crippen LogP contribution in [0.25, 0.3) is 0 Å². The van der Waals surface area contributed by atoms with Gasteiger partial charge >= 0.3 is 10.1 Å². The maximum absolute atomic E-state index is 12.2. The van der Waals surface area contributed by atoms with Gasteiger partial charge in [0.05, 0.1) is 7.11 Å². The Morgan fingerprint density at radius 1 is 0.950 bits per heavy atom. The van der Waals surface area contributed by atoms with Crippen LogP contribution in [0.5, 0.6) is 11.5 Å². The van der Waals surface area contributed by atoms with Crippen LogP contribution >= 0.6 is 23.2 Å². The minimum atomic E-state index is -4.04. The minimum Gasteiger partial charge on any atom is -0.495 e. The molecule has 0 unspecified atom stereocenters. The monoisotopic (exact) mass is 332 g/mol. The predicted molar refractivity (Wildman–Crippen MR) is 77.3 cm³/mol. The highest BCUT2D eigenvalue weighted by Gasteiger charge is 2.22. The molecule has 0 aliphatic carbocycles. The number of halogens is 2. The van der Waals surface area contributed by atoms with Crippen LogP contribution in [0.1, 0.15) is 0 Å². The summed E-state index contributed by atoms with van der Waals surface area (Å²) in [4.78, 5) is -0.137. The first-order valence-corrected chi connectivity index (χ1v) is 7.62. The number of rotatable bonds is 4. The highest BCUT2D eigenvalue weighted by atomic mass is 35.5. The summed E-state index contributed by atoms with van der Waals surface area (Å²) >= 11 is 11.5. The van der Waals surface area contributed by atoms with Gasteiger partial charge in [0.25, 0.3) is 0 Å². The van der Waals surface area contributed by atoms with Crippen molar-refractivity contribution in [3.05, 3.63) is 52.5 Å². The van der Waals surface area contributed by atoms with Crippen LogP contribution in [0, 0.1) is 0 Å². The Kier molecular flexibility index (Phi) is 4.42. The minimum absolute atomic E-state index is 0.137. The molecular weight excluding hydrogens is 323 g/mol. The molecule has 0 saturated heterocycles. The molecule has 0 atom stereocenters. The molecule has 2 aromatic carbocycles. The normalized spacial score (nSPS) is 11.2. The molecule has 0 aliphatic heterocycles. The van der Waals surface area contributed by atoms with Gasteiger partial charge in [0, 0.05) is 10.0 Å². The van der Waals surface area contributed by atoms with E-state index in [0.717, 1.165) is 0 Å². The third-order valence-corrected chi connectivity index (χ3v) is 4.17. The third kappa shape index (κ3) is 3.36. The fourth-order valence-corrected chi connectivity index (χ4v) is 2.99. The maximum atomic E-state index is 12.2. The van der Waals surface area contributed by atoms with Crippen molar-refractivity contribution in [3.8, 4) is 11.5 Å². The van der Waals surface area contributed by atoms with Crippen molar-refractivity contribution in [2.24, 2.45) is 0 Å². The van der Waals surface area contributed by atoms with Gasteiger partial charge in [-0.25, -0.2) is 0 Å². The fraction of sp³-hybridized carbons (Fsp3) is 0.0769. The molecular formula is C13H10Cl2O4S. The first-order chi connectivity index (χ1) is 9.42. The number of hydrogen-bond acceptors (Lipinski definition) is 4. The molecule has 20 heavy (non-hydrogen) atoms. The topological polar surface area (TPSA) is 52.6 Å². The molecule has 0 aromatic heterocycles. The Morgan fingerprint density at radius 3 is 2.15 bits per heavy atom. The van der Waals surface area contributed by atoms with E-state index in [-0.39, 0.29) is 21.4 Å². The van der Waals surface area contributed by atoms with Gasteiger partial charge < -0.3 is 8.92 Å². The molecule has 0 spiro atoms. The van der Waals surface area contributed by atoms with E-state index in [1.807, 2.05) is 0 Å². The second-order valence-corrected chi connectivity index (χ2v) is 6.17. The van der Waals surface area contributed by atoms with Crippen molar-refractivity contribution < 1.29 is 17.3 Å². The highest BCUT2D eigenvalue weighted by molar-refractivity contribution is 7.87. The van der Waals surface area contributed by atoms with Gasteiger partial charge in [-0.3, -0.25) is 0 Å². The van der Waals surface area contributed by atoms with Crippen LogP contribution in [-0.2, 0) is 10.1 Å². The molecule has 106 valence electrons. The van der Waals surface area contributed by atoms with Gasteiger partial charge in [0.2, 0.25) is 0 Å². The Labute approximate surface area is 127 Å². The summed E-state index contributed by atoms with van der Waals surface area (Å²) in [6.07, 6.45) is 0. The average Bonchev–Trinajstić information content (AvgIpc) is 2.41. The molecule has 0 saturated carbocycles. The van der Waals surface area contributed by atoms with Crippen molar-refractivity contribution in [1.29, 1.82) is 0 Å². The van der Waals surface area contributed by atoms with Crippen molar-refractivity contribution in [1.82, 2.24) is 0 Å². The lowest BCUT2D eigenvalue weighted by Gasteiger charge is -2.11. The molecule has 7 heteroatoms. The van der Waals surface area contributed by atoms with E-state index in [1.165, 1.54) is 49.6 Å². The zero-order chi connectivity index (χ0) is 14.8. The SMILES string of the molecule is COc1ccc(Cl)cc1S(=O)(=O)Oc1ccc(Cl)cc1. The van der Waals surface area contributed by atoms with Crippen LogP contribution in [0.3, 0.4) is 0 Å². The van der Waals surface area contributed by atoms with Crippen LogP contribution in [0.2, 0.25) is 10.0 Å². The van der Waals surface area contributed by atoms with Gasteiger partial charge in [-0.05, 0) is 42.5 Å². The second-order valence-electron chi connectivity index (χ2n) is 3.79. The van der Waals surface area contributed by atoms with E-state index in [9.17, 15) is 8.42 Å². The highest BCUT2D eigenvalue weighted by Crippen LogP contribution is 2.29. The fourth-order valence-electron chi connectivity index (χ4n) is 1.51. The van der Waals surface area contributed by atoms with E-state index in [0.29, 0.717) is 5.02 Å². The molecule has 0 heterocycles. The molecule has 0 aliphatic rings. The summed E-state index contributed by atoms with van der Waals surface area (Å²) in [5.74, 6) is 0.305. The Morgan fingerprint density at radius 2 is 1.55 bits per heavy atom. The molecule has 0 bridgehead atoms. The van der Waals surface area contributed by atoms with Gasteiger partial charge in [-0.1, -0.05) is 23.2 Å². The van der Waals surface area contributed by atoms with Crippen molar-refractivity contribution in [2.75, 3.05) is 7.11 Å². The third-order valence-electron chi connectivity index (χ3n) is 2.41. The maximum Gasteiger partial charge on any atom is 0.342 e. The molecule has 0 N–H and O–H groups in total. The largest absolute Gasteiger partial charge is 0.495 e. The average molecular weight is 333 g/mol. The quantitative estimate of drug-likeness (QED) is 0.799. The Balaban J connectivity index is 2.40. The van der Waals surface area contributed by atoms with Crippen LogP contribution < -0.4 is 8.92 Å². The van der Waals surface area contributed by atoms with E-state index < -0.39 is 10.1 Å². The zero-order valence-electron chi connectivity index (χ0n) is 10.3. The van der Waals surface area contributed by atoms with Crippen LogP contribution in [-0.4, -0.2) is 15.5 Å². The number of ether oxygens (including phenoxy) is 1. The molecule has 0 amide bonds. The first-order valence-electron chi connectivity index (χ1n) is 5.46. The predicted octanol–water partition coefficient (Wildman–Crippen LogP) is 3.77. The molecule has 0 radical (unpaired) electrons. The smallest absolute Gasteiger partial charge is 0.342 e. The van der Waals surface area contributed by atoms with Crippen molar-refractivity contribution >= 4 is 33.3 Å². The lowest BCUT2D eigenvalue weighted by molar-refractivity contribution is 0.398. The molecule has 0 fully saturated rings. The zero-order valence-corrected chi connectivity index (χ0v) is 12.7. The van der Waals surface area contributed by atoms with E-state index in [4.69, 9.17) is 32.1 Å². The van der Waals surface area contributed by atoms with E-state index in [1.54, 1.807) is 0 Å². The molecule has 2 aromatic rings. The number of benzene rings is 2.